The van der Waals surface area contributed by atoms with Crippen molar-refractivity contribution in [1.29, 1.82) is 0 Å². The largest absolute Gasteiger partial charge is 0.327 e. The third-order valence-corrected chi connectivity index (χ3v) is 2.90. The molecule has 3 heteroatoms. The second kappa shape index (κ2) is 4.32. The molecule has 1 rings (SSSR count). The van der Waals surface area contributed by atoms with E-state index in [2.05, 4.69) is 0 Å². The summed E-state index contributed by atoms with van der Waals surface area (Å²) in [5.74, 6) is 0.182. The quantitative estimate of drug-likeness (QED) is 0.808. The fourth-order valence-electron chi connectivity index (χ4n) is 1.21. The van der Waals surface area contributed by atoms with E-state index in [0.29, 0.717) is 10.0 Å². The zero-order chi connectivity index (χ0) is 10.0. The first-order chi connectivity index (χ1) is 6.04. The van der Waals surface area contributed by atoms with Crippen LogP contribution in [0.4, 0.5) is 0 Å². The number of hydrogen-bond donors (Lipinski definition) is 1. The fraction of sp³-hybridized carbons (Fsp3) is 0.400. The Morgan fingerprint density at radius 1 is 1.15 bits per heavy atom. The SMILES string of the molecule is CC(N)C(C)c1c(Cl)cccc1Cl. The molecule has 1 aromatic carbocycles. The van der Waals surface area contributed by atoms with Crippen molar-refractivity contribution in [2.24, 2.45) is 5.73 Å². The summed E-state index contributed by atoms with van der Waals surface area (Å²) in [4.78, 5) is 0. The third-order valence-electron chi connectivity index (χ3n) is 2.24. The van der Waals surface area contributed by atoms with E-state index >= 15 is 0 Å². The van der Waals surface area contributed by atoms with Crippen LogP contribution in [-0.2, 0) is 0 Å². The minimum Gasteiger partial charge on any atom is -0.327 e. The number of hydrogen-bond acceptors (Lipinski definition) is 1. The highest BCUT2D eigenvalue weighted by Gasteiger charge is 2.16. The minimum absolute atomic E-state index is 0.0531. The summed E-state index contributed by atoms with van der Waals surface area (Å²) in [5, 5.41) is 1.38. The van der Waals surface area contributed by atoms with E-state index in [0.717, 1.165) is 5.56 Å². The zero-order valence-electron chi connectivity index (χ0n) is 7.72. The normalized spacial score (nSPS) is 15.5. The summed E-state index contributed by atoms with van der Waals surface area (Å²) < 4.78 is 0. The maximum Gasteiger partial charge on any atom is 0.0456 e. The van der Waals surface area contributed by atoms with Crippen molar-refractivity contribution in [1.82, 2.24) is 0 Å². The molecule has 0 saturated carbocycles. The lowest BCUT2D eigenvalue weighted by Gasteiger charge is -2.18. The highest BCUT2D eigenvalue weighted by molar-refractivity contribution is 6.36. The molecule has 1 nitrogen and oxygen atoms in total. The van der Waals surface area contributed by atoms with Crippen molar-refractivity contribution < 1.29 is 0 Å². The predicted octanol–water partition coefficient (Wildman–Crippen LogP) is 3.44. The van der Waals surface area contributed by atoms with Gasteiger partial charge in [-0.3, -0.25) is 0 Å². The maximum atomic E-state index is 6.03. The molecule has 72 valence electrons. The first kappa shape index (κ1) is 10.8. The summed E-state index contributed by atoms with van der Waals surface area (Å²) >= 11 is 12.1. The third kappa shape index (κ3) is 2.37. The summed E-state index contributed by atoms with van der Waals surface area (Å²) in [7, 11) is 0. The zero-order valence-corrected chi connectivity index (χ0v) is 9.23. The molecule has 0 spiro atoms. The first-order valence-electron chi connectivity index (χ1n) is 4.23. The Labute approximate surface area is 88.8 Å². The van der Waals surface area contributed by atoms with Gasteiger partial charge >= 0.3 is 0 Å². The second-order valence-corrected chi connectivity index (χ2v) is 4.10. The topological polar surface area (TPSA) is 26.0 Å². The van der Waals surface area contributed by atoms with Gasteiger partial charge in [-0.05, 0) is 30.5 Å². The molecule has 0 aliphatic carbocycles. The van der Waals surface area contributed by atoms with Crippen molar-refractivity contribution in [3.8, 4) is 0 Å². The van der Waals surface area contributed by atoms with Crippen LogP contribution < -0.4 is 5.73 Å². The molecule has 2 atom stereocenters. The van der Waals surface area contributed by atoms with Crippen molar-refractivity contribution in [2.45, 2.75) is 25.8 Å². The molecule has 0 bridgehead atoms. The summed E-state index contributed by atoms with van der Waals surface area (Å²) in [5.41, 5.74) is 6.73. The van der Waals surface area contributed by atoms with Crippen LogP contribution in [0.3, 0.4) is 0 Å². The molecular formula is C10H13Cl2N. The van der Waals surface area contributed by atoms with Crippen LogP contribution in [0.25, 0.3) is 0 Å². The predicted molar refractivity (Wildman–Crippen MR) is 58.5 cm³/mol. The van der Waals surface area contributed by atoms with Crippen LogP contribution in [0, 0.1) is 0 Å². The van der Waals surface area contributed by atoms with E-state index in [1.54, 1.807) is 0 Å². The van der Waals surface area contributed by atoms with E-state index in [4.69, 9.17) is 28.9 Å². The molecular weight excluding hydrogens is 205 g/mol. The van der Waals surface area contributed by atoms with Crippen molar-refractivity contribution in [3.05, 3.63) is 33.8 Å². The standard InChI is InChI=1S/C10H13Cl2N/c1-6(7(2)13)10-8(11)4-3-5-9(10)12/h3-7H,13H2,1-2H3. The van der Waals surface area contributed by atoms with Gasteiger partial charge in [0.2, 0.25) is 0 Å². The number of rotatable bonds is 2. The molecule has 0 fully saturated rings. The van der Waals surface area contributed by atoms with E-state index in [1.807, 2.05) is 32.0 Å². The molecule has 0 aromatic heterocycles. The lowest BCUT2D eigenvalue weighted by Crippen LogP contribution is -2.22. The van der Waals surface area contributed by atoms with Crippen molar-refractivity contribution in [3.63, 3.8) is 0 Å². The van der Waals surface area contributed by atoms with Gasteiger partial charge in [-0.15, -0.1) is 0 Å². The monoisotopic (exact) mass is 217 g/mol. The van der Waals surface area contributed by atoms with Gasteiger partial charge in [-0.2, -0.15) is 0 Å². The van der Waals surface area contributed by atoms with Crippen LogP contribution in [0.5, 0.6) is 0 Å². The Hall–Kier alpha value is -0.240. The molecule has 0 radical (unpaired) electrons. The molecule has 0 aliphatic heterocycles. The van der Waals surface area contributed by atoms with E-state index in [9.17, 15) is 0 Å². The Bertz CT molecular complexity index is 277. The van der Waals surface area contributed by atoms with Crippen LogP contribution >= 0.6 is 23.2 Å². The van der Waals surface area contributed by atoms with Gasteiger partial charge in [-0.1, -0.05) is 36.2 Å². The van der Waals surface area contributed by atoms with Gasteiger partial charge in [0.05, 0.1) is 0 Å². The summed E-state index contributed by atoms with van der Waals surface area (Å²) in [6.45, 7) is 3.97. The highest BCUT2D eigenvalue weighted by Crippen LogP contribution is 2.32. The molecule has 2 N–H and O–H groups in total. The number of halogens is 2. The molecule has 13 heavy (non-hydrogen) atoms. The lowest BCUT2D eigenvalue weighted by atomic mass is 9.95. The molecule has 1 aromatic rings. The second-order valence-electron chi connectivity index (χ2n) is 3.28. The summed E-state index contributed by atoms with van der Waals surface area (Å²) in [6, 6.07) is 5.56. The van der Waals surface area contributed by atoms with Gasteiger partial charge < -0.3 is 5.73 Å². The van der Waals surface area contributed by atoms with Gasteiger partial charge in [0.25, 0.3) is 0 Å². The van der Waals surface area contributed by atoms with E-state index < -0.39 is 0 Å². The van der Waals surface area contributed by atoms with Gasteiger partial charge in [0.15, 0.2) is 0 Å². The molecule has 0 heterocycles. The van der Waals surface area contributed by atoms with Gasteiger partial charge in [-0.25, -0.2) is 0 Å². The smallest absolute Gasteiger partial charge is 0.0456 e. The average molecular weight is 218 g/mol. The maximum absolute atomic E-state index is 6.03. The van der Waals surface area contributed by atoms with Gasteiger partial charge in [0, 0.05) is 16.1 Å². The highest BCUT2D eigenvalue weighted by atomic mass is 35.5. The van der Waals surface area contributed by atoms with Crippen molar-refractivity contribution >= 4 is 23.2 Å². The molecule has 2 unspecified atom stereocenters. The molecule has 0 aliphatic rings. The minimum atomic E-state index is 0.0531. The van der Waals surface area contributed by atoms with Crippen LogP contribution in [-0.4, -0.2) is 6.04 Å². The van der Waals surface area contributed by atoms with E-state index in [1.165, 1.54) is 0 Å². The summed E-state index contributed by atoms with van der Waals surface area (Å²) in [6.07, 6.45) is 0. The van der Waals surface area contributed by atoms with Crippen LogP contribution in [0.1, 0.15) is 25.3 Å². The average Bonchev–Trinajstić information content (AvgIpc) is 2.03. The Kier molecular flexibility index (Phi) is 3.60. The number of nitrogens with two attached hydrogens (primary N) is 1. The fourth-order valence-corrected chi connectivity index (χ4v) is 1.95. The van der Waals surface area contributed by atoms with Crippen molar-refractivity contribution in [2.75, 3.05) is 0 Å². The molecule has 0 amide bonds. The Balaban J connectivity index is 3.12. The van der Waals surface area contributed by atoms with Crippen LogP contribution in [0.2, 0.25) is 10.0 Å². The van der Waals surface area contributed by atoms with Crippen LogP contribution in [0.15, 0.2) is 18.2 Å². The molecule has 0 saturated heterocycles. The number of benzene rings is 1. The van der Waals surface area contributed by atoms with Gasteiger partial charge in [0.1, 0.15) is 0 Å². The Morgan fingerprint density at radius 2 is 1.62 bits per heavy atom. The Morgan fingerprint density at radius 3 is 2.00 bits per heavy atom. The first-order valence-corrected chi connectivity index (χ1v) is 4.99. The van der Waals surface area contributed by atoms with E-state index in [-0.39, 0.29) is 12.0 Å². The lowest BCUT2D eigenvalue weighted by molar-refractivity contribution is 0.613.